The number of fused-ring (bicyclic) bond motifs is 7. The van der Waals surface area contributed by atoms with Gasteiger partial charge in [0.05, 0.1) is 27.4 Å². The van der Waals surface area contributed by atoms with Gasteiger partial charge in [0.25, 0.3) is 0 Å². The molecule has 0 aliphatic heterocycles. The van der Waals surface area contributed by atoms with Crippen molar-refractivity contribution in [1.82, 2.24) is 15.0 Å². The Balaban J connectivity index is 1.30. The predicted octanol–water partition coefficient (Wildman–Crippen LogP) is 11.5. The Labute approximate surface area is 302 Å². The van der Waals surface area contributed by atoms with E-state index in [9.17, 15) is 1.37 Å². The summed E-state index contributed by atoms with van der Waals surface area (Å²) in [5, 5.41) is -1.01. The Bertz CT molecular complexity index is 3980. The summed E-state index contributed by atoms with van der Waals surface area (Å²) in [5.41, 5.74) is -2.14. The molecule has 0 N–H and O–H groups in total. The summed E-state index contributed by atoms with van der Waals surface area (Å²) < 4.78 is 185. The molecule has 0 radical (unpaired) electrons. The zero-order valence-corrected chi connectivity index (χ0v) is 24.0. The van der Waals surface area contributed by atoms with Crippen LogP contribution in [0.3, 0.4) is 0 Å². The highest BCUT2D eigenvalue weighted by atomic mass is 16.3. The second-order valence-electron chi connectivity index (χ2n) is 10.5. The maximum Gasteiger partial charge on any atom is 0.164 e. The van der Waals surface area contributed by atoms with Crippen LogP contribution in [0.5, 0.6) is 0 Å². The van der Waals surface area contributed by atoms with Crippen molar-refractivity contribution < 1.29 is 36.2 Å². The molecule has 0 amide bonds. The van der Waals surface area contributed by atoms with E-state index in [0.717, 1.165) is 0 Å². The van der Waals surface area contributed by atoms with Gasteiger partial charge in [0, 0.05) is 38.2 Å². The summed E-state index contributed by atoms with van der Waals surface area (Å²) in [6.45, 7) is 0. The van der Waals surface area contributed by atoms with Crippen LogP contribution in [-0.4, -0.2) is 15.0 Å². The Morgan fingerprint density at radius 3 is 2.00 bits per heavy atom. The van der Waals surface area contributed by atoms with Gasteiger partial charge in [-0.1, -0.05) is 115 Å². The monoisotopic (exact) mass is 635 g/mol. The zero-order valence-electron chi connectivity index (χ0n) is 44.0. The second-order valence-corrected chi connectivity index (χ2v) is 10.5. The molecule has 0 aliphatic rings. The summed E-state index contributed by atoms with van der Waals surface area (Å²) in [5.74, 6) is -1.04. The Morgan fingerprint density at radius 2 is 1.10 bits per heavy atom. The first-order chi connectivity index (χ1) is 32.1. The minimum absolute atomic E-state index is 0.00755. The average Bonchev–Trinajstić information content (AvgIpc) is 3.91. The molecular formula is C43H25N3O2. The summed E-state index contributed by atoms with van der Waals surface area (Å²) in [6, 6.07) is -5.09. The van der Waals surface area contributed by atoms with Gasteiger partial charge in [-0.25, -0.2) is 15.0 Å². The highest BCUT2D eigenvalue weighted by Crippen LogP contribution is 2.40. The average molecular weight is 636 g/mol. The summed E-state index contributed by atoms with van der Waals surface area (Å²) in [7, 11) is 0. The van der Waals surface area contributed by atoms with Crippen molar-refractivity contribution in [3.63, 3.8) is 0 Å². The van der Waals surface area contributed by atoms with Crippen LogP contribution in [0.2, 0.25) is 0 Å². The second kappa shape index (κ2) is 10.5. The number of furan rings is 2. The molecule has 224 valence electrons. The minimum Gasteiger partial charge on any atom is -0.456 e. The molecule has 48 heavy (non-hydrogen) atoms. The lowest BCUT2D eigenvalue weighted by Crippen LogP contribution is -2.00. The fourth-order valence-corrected chi connectivity index (χ4v) is 5.57. The molecule has 0 unspecified atom stereocenters. The third-order valence-corrected chi connectivity index (χ3v) is 7.71. The number of hydrogen-bond donors (Lipinski definition) is 0. The fraction of sp³-hybridized carbons (Fsp3) is 0. The van der Waals surface area contributed by atoms with E-state index in [1.54, 1.807) is 0 Å². The smallest absolute Gasteiger partial charge is 0.164 e. The molecule has 5 heteroatoms. The summed E-state index contributed by atoms with van der Waals surface area (Å²) in [4.78, 5) is 13.9. The quantitative estimate of drug-likeness (QED) is 0.192. The van der Waals surface area contributed by atoms with Crippen LogP contribution in [0.1, 0.15) is 27.4 Å². The van der Waals surface area contributed by atoms with Crippen molar-refractivity contribution in [2.75, 3.05) is 0 Å². The molecule has 0 bridgehead atoms. The third kappa shape index (κ3) is 4.22. The molecule has 7 aromatic carbocycles. The first-order valence-electron chi connectivity index (χ1n) is 24.3. The lowest BCUT2D eigenvalue weighted by Gasteiger charge is -2.10. The van der Waals surface area contributed by atoms with E-state index in [4.69, 9.17) is 39.9 Å². The van der Waals surface area contributed by atoms with Crippen LogP contribution >= 0.6 is 0 Å². The molecule has 10 aromatic rings. The maximum absolute atomic E-state index is 9.36. The van der Waals surface area contributed by atoms with Gasteiger partial charge < -0.3 is 8.83 Å². The largest absolute Gasteiger partial charge is 0.456 e. The van der Waals surface area contributed by atoms with E-state index in [0.29, 0.717) is 0 Å². The van der Waals surface area contributed by atoms with Crippen molar-refractivity contribution in [1.29, 1.82) is 0 Å². The van der Waals surface area contributed by atoms with Crippen molar-refractivity contribution in [3.05, 3.63) is 151 Å². The summed E-state index contributed by atoms with van der Waals surface area (Å²) >= 11 is 0. The molecule has 5 nitrogen and oxygen atoms in total. The highest BCUT2D eigenvalue weighted by molar-refractivity contribution is 6.13. The number of benzene rings is 7. The van der Waals surface area contributed by atoms with Gasteiger partial charge in [0.15, 0.2) is 17.5 Å². The Hall–Kier alpha value is -6.59. The normalized spacial score (nSPS) is 17.6. The maximum atomic E-state index is 9.36. The summed E-state index contributed by atoms with van der Waals surface area (Å²) in [6.07, 6.45) is 0. The van der Waals surface area contributed by atoms with E-state index < -0.39 is 132 Å². The van der Waals surface area contributed by atoms with Crippen molar-refractivity contribution in [2.24, 2.45) is 0 Å². The number of nitrogens with zero attached hydrogens (tertiary/aromatic N) is 3. The van der Waals surface area contributed by atoms with Crippen LogP contribution in [0.15, 0.2) is 160 Å². The topological polar surface area (TPSA) is 65.0 Å². The predicted molar refractivity (Wildman–Crippen MR) is 194 cm³/mol. The van der Waals surface area contributed by atoms with Crippen molar-refractivity contribution in [2.45, 2.75) is 0 Å². The lowest BCUT2D eigenvalue weighted by atomic mass is 9.99. The molecule has 0 aliphatic carbocycles. The van der Waals surface area contributed by atoms with Gasteiger partial charge in [0.2, 0.25) is 0 Å². The van der Waals surface area contributed by atoms with Crippen LogP contribution < -0.4 is 0 Å². The van der Waals surface area contributed by atoms with Gasteiger partial charge in [-0.3, -0.25) is 0 Å². The molecule has 0 fully saturated rings. The third-order valence-electron chi connectivity index (χ3n) is 7.71. The highest BCUT2D eigenvalue weighted by Gasteiger charge is 2.20. The molecule has 0 saturated heterocycles. The number of rotatable bonds is 4. The number of hydrogen-bond acceptors (Lipinski definition) is 5. The van der Waals surface area contributed by atoms with Crippen LogP contribution in [0.25, 0.3) is 99.9 Å². The molecule has 0 saturated carbocycles. The molecule has 0 atom stereocenters. The van der Waals surface area contributed by atoms with Crippen LogP contribution in [0, 0.1) is 0 Å². The van der Waals surface area contributed by atoms with E-state index in [2.05, 4.69) is 9.97 Å². The van der Waals surface area contributed by atoms with E-state index in [1.165, 1.54) is 30.3 Å². The number of para-hydroxylation sites is 1. The fourth-order valence-electron chi connectivity index (χ4n) is 5.57. The molecular weight excluding hydrogens is 590 g/mol. The van der Waals surface area contributed by atoms with E-state index in [-0.39, 0.29) is 88.5 Å². The van der Waals surface area contributed by atoms with Crippen molar-refractivity contribution in [3.8, 4) is 45.3 Å². The first-order valence-corrected chi connectivity index (χ1v) is 14.3. The first kappa shape index (κ1) is 13.6. The minimum atomic E-state index is -0.698. The Morgan fingerprint density at radius 1 is 0.396 bits per heavy atom. The van der Waals surface area contributed by atoms with E-state index >= 15 is 0 Å². The van der Waals surface area contributed by atoms with Crippen LogP contribution in [0.4, 0.5) is 0 Å². The van der Waals surface area contributed by atoms with Crippen LogP contribution in [-0.2, 0) is 0 Å². The molecule has 3 heterocycles. The zero-order chi connectivity index (χ0) is 49.0. The van der Waals surface area contributed by atoms with Gasteiger partial charge in [-0.05, 0) is 58.2 Å². The Kier molecular flexibility index (Phi) is 2.98. The molecule has 3 aromatic heterocycles. The van der Waals surface area contributed by atoms with E-state index in [1.807, 2.05) is 0 Å². The standard InChI is InChI=1S/C43H25N3O2/c1-2-11-27(12-3-1)41-44-42(33-15-8-18-36-39(33)31-14-6-7-17-35(31)47-36)46-43(45-41)34-16-9-19-37-40(34)32-23-22-30(25-38(32)48-37)29-21-20-26-10-4-5-13-28(26)24-29/h1-25H/i1D,2D,3D,4D,5D,6D,7D,8D,9D,10D,13D,14D,15D,17D,18D,19D,20D,21D,24D,25D. The number of aromatic nitrogens is 3. The molecule has 10 rings (SSSR count). The van der Waals surface area contributed by atoms with Gasteiger partial charge in [0.1, 0.15) is 22.3 Å². The molecule has 0 spiro atoms. The van der Waals surface area contributed by atoms with Gasteiger partial charge in [-0.2, -0.15) is 0 Å². The lowest BCUT2D eigenvalue weighted by molar-refractivity contribution is 0.668. The van der Waals surface area contributed by atoms with Gasteiger partial charge >= 0.3 is 0 Å². The van der Waals surface area contributed by atoms with Gasteiger partial charge in [-0.15, -0.1) is 0 Å². The van der Waals surface area contributed by atoms with Crippen molar-refractivity contribution >= 4 is 54.6 Å². The SMILES string of the molecule is [2H]c1cc(-c2nc(-c3cc([2H])c([2H])c4oc5c([2H])c(-c6c([2H])c([2H])c7c([2H])c([2H])c([2H])c([2H])c7c6[2H])ccc5c34)nc(-c3c([2H])c([2H])c([2H])c4oc5c([2H])c([2H])c([2H])c([2H])c5c34)n2)cc([2H])c1[2H].